The van der Waals surface area contributed by atoms with Crippen LogP contribution in [0, 0.1) is 10.1 Å². The Kier molecular flexibility index (Phi) is 3.06. The van der Waals surface area contributed by atoms with Crippen molar-refractivity contribution >= 4 is 27.5 Å². The van der Waals surface area contributed by atoms with E-state index < -0.39 is 4.92 Å². The van der Waals surface area contributed by atoms with Crippen molar-refractivity contribution in [1.29, 1.82) is 0 Å². The van der Waals surface area contributed by atoms with Crippen LogP contribution in [0.25, 0.3) is 21.8 Å². The fourth-order valence-electron chi connectivity index (χ4n) is 2.35. The Morgan fingerprint density at radius 1 is 1.24 bits per heavy atom. The summed E-state index contributed by atoms with van der Waals surface area (Å²) in [5, 5.41) is 11.6. The number of aromatic nitrogens is 1. The smallest absolute Gasteiger partial charge is 0.270 e. The minimum atomic E-state index is -0.514. The number of hydrogen-bond donors (Lipinski definition) is 1. The van der Waals surface area contributed by atoms with Crippen LogP contribution in [0.15, 0.2) is 41.2 Å². The molecule has 2 aromatic carbocycles. The number of nitro groups is 1. The normalized spacial score (nSPS) is 10.9. The third kappa shape index (κ3) is 2.10. The maximum atomic E-state index is 12.5. The lowest BCUT2D eigenvalue weighted by Gasteiger charge is -2.08. The molecule has 21 heavy (non-hydrogen) atoms. The molecule has 1 aromatic heterocycles. The highest BCUT2D eigenvalue weighted by atomic mass is 16.6. The summed E-state index contributed by atoms with van der Waals surface area (Å²) in [6.45, 7) is 2.35. The van der Waals surface area contributed by atoms with Crippen molar-refractivity contribution < 1.29 is 9.66 Å². The van der Waals surface area contributed by atoms with E-state index in [1.54, 1.807) is 18.2 Å². The van der Waals surface area contributed by atoms with Gasteiger partial charge in [0.2, 0.25) is 0 Å². The highest BCUT2D eigenvalue weighted by Crippen LogP contribution is 2.25. The number of nitrogens with one attached hydrogen (secondary N) is 1. The van der Waals surface area contributed by atoms with Crippen LogP contribution >= 0.6 is 0 Å². The molecule has 0 unspecified atom stereocenters. The second-order valence-corrected chi connectivity index (χ2v) is 4.55. The molecule has 0 bridgehead atoms. The van der Waals surface area contributed by atoms with E-state index in [1.165, 1.54) is 18.2 Å². The van der Waals surface area contributed by atoms with Crippen LogP contribution in [-0.4, -0.2) is 16.5 Å². The Morgan fingerprint density at radius 2 is 2.05 bits per heavy atom. The number of fused-ring (bicyclic) bond motifs is 2. The van der Waals surface area contributed by atoms with Crippen molar-refractivity contribution in [3.63, 3.8) is 0 Å². The number of aromatic amines is 1. The van der Waals surface area contributed by atoms with Crippen LogP contribution in [0.5, 0.6) is 5.75 Å². The van der Waals surface area contributed by atoms with Gasteiger partial charge in [-0.05, 0) is 25.1 Å². The molecular weight excluding hydrogens is 272 g/mol. The Labute approximate surface area is 119 Å². The molecule has 0 aliphatic heterocycles. The Balaban J connectivity index is 2.40. The summed E-state index contributed by atoms with van der Waals surface area (Å²) in [4.78, 5) is 26.0. The molecule has 106 valence electrons. The SMILES string of the molecule is CCOc1cccc2c(=O)c3cc([N+](=O)[O-])ccc3[nH]c12. The van der Waals surface area contributed by atoms with Gasteiger partial charge in [-0.25, -0.2) is 0 Å². The minimum Gasteiger partial charge on any atom is -0.492 e. The van der Waals surface area contributed by atoms with Crippen molar-refractivity contribution in [2.45, 2.75) is 6.92 Å². The van der Waals surface area contributed by atoms with Crippen LogP contribution in [0.2, 0.25) is 0 Å². The maximum Gasteiger partial charge on any atom is 0.270 e. The zero-order valence-electron chi connectivity index (χ0n) is 11.3. The number of non-ortho nitro benzene ring substituents is 1. The molecule has 0 aliphatic carbocycles. The van der Waals surface area contributed by atoms with Crippen molar-refractivity contribution in [3.8, 4) is 5.75 Å². The van der Waals surface area contributed by atoms with Gasteiger partial charge in [-0.1, -0.05) is 6.07 Å². The lowest BCUT2D eigenvalue weighted by molar-refractivity contribution is -0.384. The molecule has 0 saturated heterocycles. The van der Waals surface area contributed by atoms with E-state index in [1.807, 2.05) is 6.92 Å². The number of H-pyrrole nitrogens is 1. The average molecular weight is 284 g/mol. The van der Waals surface area contributed by atoms with Crippen LogP contribution in [0.4, 0.5) is 5.69 Å². The zero-order valence-corrected chi connectivity index (χ0v) is 11.3. The summed E-state index contributed by atoms with van der Waals surface area (Å²) >= 11 is 0. The Morgan fingerprint density at radius 3 is 2.76 bits per heavy atom. The van der Waals surface area contributed by atoms with Crippen LogP contribution in [0.3, 0.4) is 0 Å². The van der Waals surface area contributed by atoms with E-state index in [0.717, 1.165) is 0 Å². The number of pyridine rings is 1. The monoisotopic (exact) mass is 284 g/mol. The first-order valence-electron chi connectivity index (χ1n) is 6.47. The predicted octanol–water partition coefficient (Wildman–Crippen LogP) is 2.99. The molecule has 3 aromatic rings. The summed E-state index contributed by atoms with van der Waals surface area (Å²) in [6, 6.07) is 9.38. The third-order valence-corrected chi connectivity index (χ3v) is 3.29. The molecule has 0 fully saturated rings. The summed E-state index contributed by atoms with van der Waals surface area (Å²) in [5.74, 6) is 0.590. The Bertz CT molecular complexity index is 915. The first-order chi connectivity index (χ1) is 10.1. The van der Waals surface area contributed by atoms with Crippen molar-refractivity contribution in [3.05, 3.63) is 56.7 Å². The van der Waals surface area contributed by atoms with Crippen LogP contribution in [0.1, 0.15) is 6.92 Å². The van der Waals surface area contributed by atoms with Crippen LogP contribution < -0.4 is 10.2 Å². The van der Waals surface area contributed by atoms with E-state index >= 15 is 0 Å². The topological polar surface area (TPSA) is 85.2 Å². The third-order valence-electron chi connectivity index (χ3n) is 3.29. The lowest BCUT2D eigenvalue weighted by atomic mass is 10.1. The van der Waals surface area contributed by atoms with Crippen molar-refractivity contribution in [2.24, 2.45) is 0 Å². The van der Waals surface area contributed by atoms with Gasteiger partial charge in [0.15, 0.2) is 5.43 Å². The van der Waals surface area contributed by atoms with Gasteiger partial charge in [0, 0.05) is 17.5 Å². The number of nitro benzene ring substituents is 1. The van der Waals surface area contributed by atoms with E-state index in [-0.39, 0.29) is 11.1 Å². The summed E-state index contributed by atoms with van der Waals surface area (Å²) in [6.07, 6.45) is 0. The van der Waals surface area contributed by atoms with E-state index in [2.05, 4.69) is 4.98 Å². The van der Waals surface area contributed by atoms with Gasteiger partial charge in [-0.15, -0.1) is 0 Å². The minimum absolute atomic E-state index is 0.103. The molecular formula is C15H12N2O4. The Hall–Kier alpha value is -2.89. The summed E-state index contributed by atoms with van der Waals surface area (Å²) in [7, 11) is 0. The summed E-state index contributed by atoms with van der Waals surface area (Å²) in [5.41, 5.74) is 0.799. The molecule has 0 saturated carbocycles. The van der Waals surface area contributed by atoms with Gasteiger partial charge in [-0.2, -0.15) is 0 Å². The molecule has 1 heterocycles. The maximum absolute atomic E-state index is 12.5. The molecule has 0 atom stereocenters. The van der Waals surface area contributed by atoms with Gasteiger partial charge >= 0.3 is 0 Å². The molecule has 3 rings (SSSR count). The first kappa shape index (κ1) is 13.1. The molecule has 6 nitrogen and oxygen atoms in total. The largest absolute Gasteiger partial charge is 0.492 e. The van der Waals surface area contributed by atoms with Gasteiger partial charge in [0.25, 0.3) is 5.69 Å². The fraction of sp³-hybridized carbons (Fsp3) is 0.133. The summed E-state index contributed by atoms with van der Waals surface area (Å²) < 4.78 is 5.51. The number of rotatable bonds is 3. The highest BCUT2D eigenvalue weighted by molar-refractivity contribution is 5.95. The van der Waals surface area contributed by atoms with Gasteiger partial charge < -0.3 is 9.72 Å². The zero-order chi connectivity index (χ0) is 15.0. The fourth-order valence-corrected chi connectivity index (χ4v) is 2.35. The van der Waals surface area contributed by atoms with Gasteiger partial charge in [0.1, 0.15) is 5.75 Å². The van der Waals surface area contributed by atoms with E-state index in [0.29, 0.717) is 34.2 Å². The van der Waals surface area contributed by atoms with Crippen molar-refractivity contribution in [2.75, 3.05) is 6.61 Å². The van der Waals surface area contributed by atoms with Crippen LogP contribution in [-0.2, 0) is 0 Å². The quantitative estimate of drug-likeness (QED) is 0.455. The molecule has 0 aliphatic rings. The van der Waals surface area contributed by atoms with Gasteiger partial charge in [0.05, 0.1) is 27.9 Å². The number of hydrogen-bond acceptors (Lipinski definition) is 4. The second kappa shape index (κ2) is 4.90. The molecule has 1 N–H and O–H groups in total. The van der Waals surface area contributed by atoms with Gasteiger partial charge in [-0.3, -0.25) is 14.9 Å². The average Bonchev–Trinajstić information content (AvgIpc) is 2.48. The van der Waals surface area contributed by atoms with E-state index in [9.17, 15) is 14.9 Å². The lowest BCUT2D eigenvalue weighted by Crippen LogP contribution is -2.06. The highest BCUT2D eigenvalue weighted by Gasteiger charge is 2.13. The van der Waals surface area contributed by atoms with E-state index in [4.69, 9.17) is 4.74 Å². The molecule has 0 spiro atoms. The second-order valence-electron chi connectivity index (χ2n) is 4.55. The van der Waals surface area contributed by atoms with Crippen molar-refractivity contribution in [1.82, 2.24) is 4.98 Å². The number of benzene rings is 2. The molecule has 0 amide bonds. The number of nitrogens with zero attached hydrogens (tertiary/aromatic N) is 1. The predicted molar refractivity (Wildman–Crippen MR) is 79.9 cm³/mol. The first-order valence-corrected chi connectivity index (χ1v) is 6.47. The number of para-hydroxylation sites is 1. The molecule has 0 radical (unpaired) electrons. The molecule has 6 heteroatoms. The number of ether oxygens (including phenoxy) is 1. The standard InChI is InChI=1S/C15H12N2O4/c1-2-21-13-5-3-4-10-14(13)16-12-7-6-9(17(19)20)8-11(12)15(10)18/h3-8H,2H2,1H3,(H,16,18).